The van der Waals surface area contributed by atoms with Crippen LogP contribution in [0.15, 0.2) is 24.3 Å². The number of aliphatic carboxylic acids is 1. The molecule has 1 fully saturated rings. The van der Waals surface area contributed by atoms with Gasteiger partial charge in [-0.05, 0) is 24.5 Å². The van der Waals surface area contributed by atoms with Crippen molar-refractivity contribution in [1.82, 2.24) is 4.90 Å². The zero-order valence-electron chi connectivity index (χ0n) is 11.2. The maximum Gasteiger partial charge on any atom is 0.305 e. The van der Waals surface area contributed by atoms with Gasteiger partial charge in [-0.1, -0.05) is 18.2 Å². The summed E-state index contributed by atoms with van der Waals surface area (Å²) in [4.78, 5) is 25.0. The summed E-state index contributed by atoms with van der Waals surface area (Å²) in [5, 5.41) is 12.0. The second-order valence-electron chi connectivity index (χ2n) is 5.46. The number of hydrogen-bond acceptors (Lipinski definition) is 3. The molecule has 1 amide bonds. The fourth-order valence-electron chi connectivity index (χ4n) is 2.72. The van der Waals surface area contributed by atoms with E-state index in [1.165, 1.54) is 0 Å². The molecule has 1 atom stereocenters. The first kappa shape index (κ1) is 13.0. The predicted molar refractivity (Wildman–Crippen MR) is 74.5 cm³/mol. The minimum absolute atomic E-state index is 0.0158. The average Bonchev–Trinajstić information content (AvgIpc) is 3.16. The van der Waals surface area contributed by atoms with E-state index >= 15 is 0 Å². The lowest BCUT2D eigenvalue weighted by Gasteiger charge is -2.25. The highest BCUT2D eigenvalue weighted by Crippen LogP contribution is 2.31. The van der Waals surface area contributed by atoms with Gasteiger partial charge in [0.15, 0.2) is 0 Å². The number of nitrogens with zero attached hydrogens (tertiary/aromatic N) is 1. The third-order valence-electron chi connectivity index (χ3n) is 3.91. The topological polar surface area (TPSA) is 69.6 Å². The molecule has 1 aliphatic carbocycles. The number of rotatable bonds is 5. The second-order valence-corrected chi connectivity index (χ2v) is 5.46. The zero-order chi connectivity index (χ0) is 14.1. The zero-order valence-corrected chi connectivity index (χ0v) is 11.2. The van der Waals surface area contributed by atoms with Gasteiger partial charge in [0.05, 0.1) is 6.42 Å². The van der Waals surface area contributed by atoms with Crippen molar-refractivity contribution in [2.24, 2.45) is 0 Å². The molecule has 0 radical (unpaired) electrons. The number of anilines is 1. The lowest BCUT2D eigenvalue weighted by Crippen LogP contribution is -2.44. The molecule has 2 N–H and O–H groups in total. The third-order valence-corrected chi connectivity index (χ3v) is 3.91. The fourth-order valence-corrected chi connectivity index (χ4v) is 2.72. The minimum Gasteiger partial charge on any atom is -0.481 e. The van der Waals surface area contributed by atoms with Crippen molar-refractivity contribution in [3.63, 3.8) is 0 Å². The Bertz CT molecular complexity index is 515. The van der Waals surface area contributed by atoms with Gasteiger partial charge in [0.25, 0.3) is 0 Å². The van der Waals surface area contributed by atoms with Crippen LogP contribution in [-0.2, 0) is 16.0 Å². The highest BCUT2D eigenvalue weighted by molar-refractivity contribution is 5.88. The number of nitrogens with one attached hydrogen (secondary N) is 1. The lowest BCUT2D eigenvalue weighted by atomic mass is 10.1. The predicted octanol–water partition coefficient (Wildman–Crippen LogP) is 1.49. The molecular formula is C15H18N2O3. The Morgan fingerprint density at radius 2 is 2.05 bits per heavy atom. The number of amides is 1. The summed E-state index contributed by atoms with van der Waals surface area (Å²) >= 11 is 0. The molecule has 1 saturated carbocycles. The standard InChI is InChI=1S/C15H18N2O3/c18-14(19)7-8-17(11-5-6-11)15(20)13-9-10-3-1-2-4-12(10)16-13/h1-4,11,13,16H,5-9H2,(H,18,19). The Labute approximate surface area is 117 Å². The quantitative estimate of drug-likeness (QED) is 0.853. The van der Waals surface area contributed by atoms with E-state index in [0.29, 0.717) is 13.0 Å². The van der Waals surface area contributed by atoms with Crippen LogP contribution in [0.3, 0.4) is 0 Å². The molecule has 1 aromatic rings. The Morgan fingerprint density at radius 3 is 2.70 bits per heavy atom. The monoisotopic (exact) mass is 274 g/mol. The normalized spacial score (nSPS) is 20.1. The molecule has 0 spiro atoms. The average molecular weight is 274 g/mol. The van der Waals surface area contributed by atoms with Gasteiger partial charge in [-0.15, -0.1) is 0 Å². The summed E-state index contributed by atoms with van der Waals surface area (Å²) < 4.78 is 0. The molecular weight excluding hydrogens is 256 g/mol. The van der Waals surface area contributed by atoms with E-state index in [-0.39, 0.29) is 24.4 Å². The Kier molecular flexibility index (Phi) is 3.34. The van der Waals surface area contributed by atoms with Crippen molar-refractivity contribution in [2.75, 3.05) is 11.9 Å². The van der Waals surface area contributed by atoms with Gasteiger partial charge >= 0.3 is 5.97 Å². The van der Waals surface area contributed by atoms with Crippen LogP contribution in [0.5, 0.6) is 0 Å². The number of fused-ring (bicyclic) bond motifs is 1. The molecule has 3 rings (SSSR count). The smallest absolute Gasteiger partial charge is 0.305 e. The second kappa shape index (κ2) is 5.15. The molecule has 0 bridgehead atoms. The van der Waals surface area contributed by atoms with Crippen LogP contribution in [0.2, 0.25) is 0 Å². The SMILES string of the molecule is O=C(O)CCN(C(=O)C1Cc2ccccc2N1)C1CC1. The van der Waals surface area contributed by atoms with Gasteiger partial charge in [-0.25, -0.2) is 0 Å². The van der Waals surface area contributed by atoms with Gasteiger partial charge < -0.3 is 15.3 Å². The van der Waals surface area contributed by atoms with Crippen molar-refractivity contribution >= 4 is 17.6 Å². The number of benzene rings is 1. The van der Waals surface area contributed by atoms with Crippen molar-refractivity contribution in [2.45, 2.75) is 37.8 Å². The third kappa shape index (κ3) is 2.61. The fraction of sp³-hybridized carbons (Fsp3) is 0.467. The molecule has 0 saturated heterocycles. The number of carbonyl (C=O) groups is 2. The lowest BCUT2D eigenvalue weighted by molar-refractivity contribution is -0.138. The van der Waals surface area contributed by atoms with Crippen LogP contribution in [0, 0.1) is 0 Å². The largest absolute Gasteiger partial charge is 0.481 e. The van der Waals surface area contributed by atoms with E-state index in [4.69, 9.17) is 5.11 Å². The first-order valence-electron chi connectivity index (χ1n) is 7.02. The molecule has 2 aliphatic rings. The molecule has 0 aromatic heterocycles. The summed E-state index contributed by atoms with van der Waals surface area (Å²) in [6.45, 7) is 0.313. The summed E-state index contributed by atoms with van der Waals surface area (Å²) in [7, 11) is 0. The number of carboxylic acid groups (broad SMARTS) is 1. The summed E-state index contributed by atoms with van der Waals surface area (Å²) in [6, 6.07) is 7.91. The van der Waals surface area contributed by atoms with Crippen molar-refractivity contribution in [1.29, 1.82) is 0 Å². The molecule has 1 aromatic carbocycles. The van der Waals surface area contributed by atoms with E-state index < -0.39 is 5.97 Å². The van der Waals surface area contributed by atoms with E-state index in [1.54, 1.807) is 4.90 Å². The summed E-state index contributed by atoms with van der Waals surface area (Å²) in [5.41, 5.74) is 2.17. The number of carboxylic acids is 1. The number of para-hydroxylation sites is 1. The van der Waals surface area contributed by atoms with E-state index in [0.717, 1.165) is 24.1 Å². The first-order chi connectivity index (χ1) is 9.65. The number of hydrogen-bond donors (Lipinski definition) is 2. The van der Waals surface area contributed by atoms with Crippen LogP contribution >= 0.6 is 0 Å². The highest BCUT2D eigenvalue weighted by atomic mass is 16.4. The molecule has 1 heterocycles. The van der Waals surface area contributed by atoms with Crippen molar-refractivity contribution in [3.05, 3.63) is 29.8 Å². The van der Waals surface area contributed by atoms with Gasteiger partial charge in [0, 0.05) is 24.7 Å². The van der Waals surface area contributed by atoms with Gasteiger partial charge in [-0.2, -0.15) is 0 Å². The molecule has 20 heavy (non-hydrogen) atoms. The maximum atomic E-state index is 12.6. The number of carbonyl (C=O) groups excluding carboxylic acids is 1. The van der Waals surface area contributed by atoms with Gasteiger partial charge in [0.2, 0.25) is 5.91 Å². The molecule has 106 valence electrons. The van der Waals surface area contributed by atoms with Crippen LogP contribution in [-0.4, -0.2) is 40.5 Å². The maximum absolute atomic E-state index is 12.6. The van der Waals surface area contributed by atoms with Crippen LogP contribution in [0.4, 0.5) is 5.69 Å². The van der Waals surface area contributed by atoms with Gasteiger partial charge in [-0.3, -0.25) is 9.59 Å². The molecule has 1 unspecified atom stereocenters. The highest BCUT2D eigenvalue weighted by Gasteiger charge is 2.37. The minimum atomic E-state index is -0.855. The molecule has 5 nitrogen and oxygen atoms in total. The Morgan fingerprint density at radius 1 is 1.30 bits per heavy atom. The Hall–Kier alpha value is -2.04. The first-order valence-corrected chi connectivity index (χ1v) is 7.02. The summed E-state index contributed by atoms with van der Waals surface area (Å²) in [5.74, 6) is -0.823. The van der Waals surface area contributed by atoms with Crippen molar-refractivity contribution in [3.8, 4) is 0 Å². The van der Waals surface area contributed by atoms with E-state index in [2.05, 4.69) is 5.32 Å². The van der Waals surface area contributed by atoms with Crippen LogP contribution in [0.25, 0.3) is 0 Å². The molecule has 5 heteroatoms. The van der Waals surface area contributed by atoms with E-state index in [9.17, 15) is 9.59 Å². The molecule has 1 aliphatic heterocycles. The van der Waals surface area contributed by atoms with E-state index in [1.807, 2.05) is 24.3 Å². The van der Waals surface area contributed by atoms with Crippen LogP contribution < -0.4 is 5.32 Å². The Balaban J connectivity index is 1.67. The van der Waals surface area contributed by atoms with Crippen LogP contribution in [0.1, 0.15) is 24.8 Å². The van der Waals surface area contributed by atoms with Crippen molar-refractivity contribution < 1.29 is 14.7 Å². The summed E-state index contributed by atoms with van der Waals surface area (Å²) in [6.07, 6.45) is 2.68. The van der Waals surface area contributed by atoms with Gasteiger partial charge in [0.1, 0.15) is 6.04 Å².